The van der Waals surface area contributed by atoms with E-state index in [0.717, 1.165) is 0 Å². The standard InChI is InChI=1S/C16H18Cl2N2O5/c1-25-13(16(23)24)8-19-14(21)12-3-2-6-20(12)15(22)9-4-5-10(17)11(18)7-9/h4-5,7,12-13H,2-3,6,8H2,1H3,(H,19,21)(H,23,24). The molecule has 1 aromatic rings. The van der Waals surface area contributed by atoms with E-state index in [-0.39, 0.29) is 17.5 Å². The number of halogens is 2. The highest BCUT2D eigenvalue weighted by molar-refractivity contribution is 6.42. The maximum Gasteiger partial charge on any atom is 0.334 e. The number of carbonyl (C=O) groups excluding carboxylic acids is 2. The van der Waals surface area contributed by atoms with Crippen molar-refractivity contribution in [3.05, 3.63) is 33.8 Å². The number of rotatable bonds is 6. The summed E-state index contributed by atoms with van der Waals surface area (Å²) in [6, 6.07) is 3.88. The first-order chi connectivity index (χ1) is 11.8. The fourth-order valence-electron chi connectivity index (χ4n) is 2.66. The van der Waals surface area contributed by atoms with E-state index in [1.54, 1.807) is 6.07 Å². The predicted octanol–water partition coefficient (Wildman–Crippen LogP) is 1.81. The number of likely N-dealkylation sites (tertiary alicyclic amines) is 1. The van der Waals surface area contributed by atoms with Gasteiger partial charge in [0.05, 0.1) is 16.6 Å². The van der Waals surface area contributed by atoms with Gasteiger partial charge >= 0.3 is 5.97 Å². The van der Waals surface area contributed by atoms with Crippen LogP contribution < -0.4 is 5.32 Å². The van der Waals surface area contributed by atoms with E-state index in [1.807, 2.05) is 0 Å². The summed E-state index contributed by atoms with van der Waals surface area (Å²) in [6.45, 7) is 0.264. The average Bonchev–Trinajstić information content (AvgIpc) is 3.06. The number of carboxylic acids is 1. The van der Waals surface area contributed by atoms with Crippen molar-refractivity contribution >= 4 is 41.0 Å². The molecule has 2 rings (SSSR count). The molecule has 25 heavy (non-hydrogen) atoms. The molecular weight excluding hydrogens is 371 g/mol. The van der Waals surface area contributed by atoms with Gasteiger partial charge in [0.15, 0.2) is 6.10 Å². The lowest BCUT2D eigenvalue weighted by molar-refractivity contribution is -0.148. The number of benzene rings is 1. The number of carboxylic acid groups (broad SMARTS) is 1. The first-order valence-corrected chi connectivity index (χ1v) is 8.40. The van der Waals surface area contributed by atoms with Crippen LogP contribution in [0, 0.1) is 0 Å². The molecule has 7 nitrogen and oxygen atoms in total. The quantitative estimate of drug-likeness (QED) is 0.774. The van der Waals surface area contributed by atoms with Gasteiger partial charge in [-0.2, -0.15) is 0 Å². The topological polar surface area (TPSA) is 95.9 Å². The van der Waals surface area contributed by atoms with E-state index < -0.39 is 24.0 Å². The van der Waals surface area contributed by atoms with Crippen molar-refractivity contribution in [2.24, 2.45) is 0 Å². The highest BCUT2D eigenvalue weighted by Gasteiger charge is 2.35. The summed E-state index contributed by atoms with van der Waals surface area (Å²) in [7, 11) is 1.25. The summed E-state index contributed by atoms with van der Waals surface area (Å²) in [5.74, 6) is -1.90. The molecular formula is C16H18Cl2N2O5. The smallest absolute Gasteiger partial charge is 0.334 e. The summed E-state index contributed by atoms with van der Waals surface area (Å²) < 4.78 is 4.77. The van der Waals surface area contributed by atoms with E-state index >= 15 is 0 Å². The van der Waals surface area contributed by atoms with Crippen molar-refractivity contribution < 1.29 is 24.2 Å². The highest BCUT2D eigenvalue weighted by Crippen LogP contribution is 2.25. The summed E-state index contributed by atoms with van der Waals surface area (Å²) in [5.41, 5.74) is 0.342. The summed E-state index contributed by atoms with van der Waals surface area (Å²) in [6.07, 6.45) is 0.0473. The van der Waals surface area contributed by atoms with Crippen LogP contribution in [0.2, 0.25) is 10.0 Å². The van der Waals surface area contributed by atoms with Gasteiger partial charge in [-0.15, -0.1) is 0 Å². The van der Waals surface area contributed by atoms with Crippen LogP contribution in [-0.4, -0.2) is 60.1 Å². The number of carbonyl (C=O) groups is 3. The summed E-state index contributed by atoms with van der Waals surface area (Å²) in [5, 5.41) is 12.1. The van der Waals surface area contributed by atoms with Crippen molar-refractivity contribution in [3.8, 4) is 0 Å². The normalized spacial score (nSPS) is 18.0. The Labute approximate surface area is 154 Å². The van der Waals surface area contributed by atoms with Crippen molar-refractivity contribution in [3.63, 3.8) is 0 Å². The molecule has 0 saturated carbocycles. The van der Waals surface area contributed by atoms with Crippen molar-refractivity contribution in [2.45, 2.75) is 25.0 Å². The molecule has 1 aliphatic rings. The molecule has 0 radical (unpaired) electrons. The molecule has 2 atom stereocenters. The number of nitrogens with one attached hydrogen (secondary N) is 1. The van der Waals surface area contributed by atoms with Crippen molar-refractivity contribution in [1.82, 2.24) is 10.2 Å². The second kappa shape index (κ2) is 8.51. The Morgan fingerprint density at radius 2 is 2.08 bits per heavy atom. The molecule has 2 unspecified atom stereocenters. The van der Waals surface area contributed by atoms with Crippen LogP contribution in [-0.2, 0) is 14.3 Å². The van der Waals surface area contributed by atoms with Gasteiger partial charge in [0.25, 0.3) is 5.91 Å². The number of ether oxygens (including phenoxy) is 1. The Morgan fingerprint density at radius 1 is 1.36 bits per heavy atom. The largest absolute Gasteiger partial charge is 0.479 e. The molecule has 1 saturated heterocycles. The van der Waals surface area contributed by atoms with Gasteiger partial charge in [-0.25, -0.2) is 4.79 Å². The maximum atomic E-state index is 12.7. The molecule has 0 aliphatic carbocycles. The maximum absolute atomic E-state index is 12.7. The highest BCUT2D eigenvalue weighted by atomic mass is 35.5. The van der Waals surface area contributed by atoms with Crippen LogP contribution in [0.4, 0.5) is 0 Å². The SMILES string of the molecule is COC(CNC(=O)C1CCCN1C(=O)c1ccc(Cl)c(Cl)c1)C(=O)O. The Balaban J connectivity index is 2.05. The minimum atomic E-state index is -1.17. The van der Waals surface area contributed by atoms with Gasteiger partial charge in [0.1, 0.15) is 6.04 Å². The number of nitrogens with zero attached hydrogens (tertiary/aromatic N) is 1. The number of hydrogen-bond acceptors (Lipinski definition) is 4. The lowest BCUT2D eigenvalue weighted by Crippen LogP contribution is -2.48. The van der Waals surface area contributed by atoms with E-state index in [0.29, 0.717) is 30.0 Å². The van der Waals surface area contributed by atoms with Crippen LogP contribution in [0.1, 0.15) is 23.2 Å². The molecule has 9 heteroatoms. The molecule has 1 heterocycles. The van der Waals surface area contributed by atoms with Gasteiger partial charge in [0.2, 0.25) is 5.91 Å². The number of hydrogen-bond donors (Lipinski definition) is 2. The number of amides is 2. The molecule has 2 amide bonds. The van der Waals surface area contributed by atoms with Gasteiger partial charge in [-0.1, -0.05) is 23.2 Å². The van der Waals surface area contributed by atoms with Crippen molar-refractivity contribution in [2.75, 3.05) is 20.2 Å². The summed E-state index contributed by atoms with van der Waals surface area (Å²) >= 11 is 11.8. The van der Waals surface area contributed by atoms with E-state index in [1.165, 1.54) is 24.1 Å². The Morgan fingerprint density at radius 3 is 2.68 bits per heavy atom. The fourth-order valence-corrected chi connectivity index (χ4v) is 2.96. The molecule has 1 aromatic carbocycles. The molecule has 136 valence electrons. The Kier molecular flexibility index (Phi) is 6.64. The summed E-state index contributed by atoms with van der Waals surface area (Å²) in [4.78, 5) is 37.4. The predicted molar refractivity (Wildman–Crippen MR) is 92.0 cm³/mol. The zero-order valence-electron chi connectivity index (χ0n) is 13.5. The van der Waals surface area contributed by atoms with Crippen LogP contribution >= 0.6 is 23.2 Å². The monoisotopic (exact) mass is 388 g/mol. The molecule has 0 spiro atoms. The lowest BCUT2D eigenvalue weighted by Gasteiger charge is -2.24. The number of aliphatic carboxylic acids is 1. The zero-order valence-corrected chi connectivity index (χ0v) is 15.0. The van der Waals surface area contributed by atoms with Gasteiger partial charge in [-0.05, 0) is 31.0 Å². The third-order valence-corrected chi connectivity index (χ3v) is 4.74. The third kappa shape index (κ3) is 4.62. The third-order valence-electron chi connectivity index (χ3n) is 4.00. The fraction of sp³-hybridized carbons (Fsp3) is 0.438. The van der Waals surface area contributed by atoms with E-state index in [2.05, 4.69) is 5.32 Å². The lowest BCUT2D eigenvalue weighted by atomic mass is 10.1. The average molecular weight is 389 g/mol. The van der Waals surface area contributed by atoms with E-state index in [4.69, 9.17) is 33.0 Å². The van der Waals surface area contributed by atoms with Crippen molar-refractivity contribution in [1.29, 1.82) is 0 Å². The second-order valence-electron chi connectivity index (χ2n) is 5.59. The molecule has 1 fully saturated rings. The second-order valence-corrected chi connectivity index (χ2v) is 6.41. The first kappa shape index (κ1) is 19.5. The molecule has 2 N–H and O–H groups in total. The molecule has 0 bridgehead atoms. The number of methoxy groups -OCH3 is 1. The van der Waals surface area contributed by atoms with Crippen LogP contribution in [0.3, 0.4) is 0 Å². The Bertz CT molecular complexity index is 682. The zero-order chi connectivity index (χ0) is 18.6. The molecule has 0 aromatic heterocycles. The van der Waals surface area contributed by atoms with Crippen LogP contribution in [0.5, 0.6) is 0 Å². The van der Waals surface area contributed by atoms with Gasteiger partial charge in [-0.3, -0.25) is 9.59 Å². The minimum Gasteiger partial charge on any atom is -0.479 e. The first-order valence-electron chi connectivity index (χ1n) is 7.64. The Hall–Kier alpha value is -1.83. The van der Waals surface area contributed by atoms with Gasteiger partial charge < -0.3 is 20.1 Å². The molecule has 1 aliphatic heterocycles. The van der Waals surface area contributed by atoms with Crippen LogP contribution in [0.15, 0.2) is 18.2 Å². The van der Waals surface area contributed by atoms with E-state index in [9.17, 15) is 14.4 Å². The van der Waals surface area contributed by atoms with Gasteiger partial charge in [0, 0.05) is 19.2 Å². The van der Waals surface area contributed by atoms with Crippen LogP contribution in [0.25, 0.3) is 0 Å². The minimum absolute atomic E-state index is 0.171.